The predicted molar refractivity (Wildman–Crippen MR) is 62.7 cm³/mol. The quantitative estimate of drug-likeness (QED) is 0.785. The zero-order valence-corrected chi connectivity index (χ0v) is 10.1. The Kier molecular flexibility index (Phi) is 5.04. The Hall–Kier alpha value is -1.30. The molecule has 1 aromatic heterocycles. The molecular formula is C10H14N2O3S. The highest BCUT2D eigenvalue weighted by molar-refractivity contribution is 7.98. The van der Waals surface area contributed by atoms with Crippen LogP contribution in [0, 0.1) is 0 Å². The fraction of sp³-hybridized carbons (Fsp3) is 0.500. The summed E-state index contributed by atoms with van der Waals surface area (Å²) in [6.07, 6.45) is 1.27. The van der Waals surface area contributed by atoms with Gasteiger partial charge in [-0.25, -0.2) is 9.78 Å². The normalized spacial score (nSPS) is 10.1. The van der Waals surface area contributed by atoms with Crippen LogP contribution in [0.5, 0.6) is 0 Å². The number of hydrogen-bond acceptors (Lipinski definition) is 5. The summed E-state index contributed by atoms with van der Waals surface area (Å²) in [5, 5.41) is 0. The number of rotatable bonds is 5. The number of carbonyl (C=O) groups is 1. The van der Waals surface area contributed by atoms with Crippen molar-refractivity contribution in [2.75, 3.05) is 12.4 Å². The van der Waals surface area contributed by atoms with Crippen molar-refractivity contribution in [3.05, 3.63) is 27.9 Å². The van der Waals surface area contributed by atoms with Gasteiger partial charge in [-0.3, -0.25) is 4.79 Å². The van der Waals surface area contributed by atoms with E-state index in [-0.39, 0.29) is 12.2 Å². The lowest BCUT2D eigenvalue weighted by atomic mass is 10.3. The molecule has 88 valence electrons. The second-order valence-electron chi connectivity index (χ2n) is 2.93. The van der Waals surface area contributed by atoms with Gasteiger partial charge in [0.25, 0.3) is 5.56 Å². The minimum absolute atomic E-state index is 0.0490. The number of H-pyrrole nitrogens is 1. The highest BCUT2D eigenvalue weighted by atomic mass is 32.2. The molecule has 0 fully saturated rings. The van der Waals surface area contributed by atoms with E-state index >= 15 is 0 Å². The van der Waals surface area contributed by atoms with E-state index in [1.807, 2.05) is 6.92 Å². The van der Waals surface area contributed by atoms with E-state index < -0.39 is 11.5 Å². The van der Waals surface area contributed by atoms with E-state index in [2.05, 4.69) is 9.97 Å². The van der Waals surface area contributed by atoms with E-state index in [0.29, 0.717) is 11.6 Å². The van der Waals surface area contributed by atoms with Gasteiger partial charge in [0.05, 0.1) is 12.4 Å². The molecule has 1 heterocycles. The van der Waals surface area contributed by atoms with Gasteiger partial charge in [0.2, 0.25) is 0 Å². The van der Waals surface area contributed by atoms with E-state index in [9.17, 15) is 9.59 Å². The van der Waals surface area contributed by atoms with Crippen LogP contribution >= 0.6 is 11.8 Å². The first kappa shape index (κ1) is 12.8. The maximum atomic E-state index is 11.5. The predicted octanol–water partition coefficient (Wildman–Crippen LogP) is 1.20. The molecule has 6 heteroatoms. The molecule has 0 aromatic carbocycles. The monoisotopic (exact) mass is 242 g/mol. The van der Waals surface area contributed by atoms with Crippen molar-refractivity contribution >= 4 is 17.7 Å². The van der Waals surface area contributed by atoms with Gasteiger partial charge >= 0.3 is 5.97 Å². The van der Waals surface area contributed by atoms with Gasteiger partial charge in [-0.1, -0.05) is 6.92 Å². The third kappa shape index (κ3) is 3.37. The fourth-order valence-electron chi connectivity index (χ4n) is 1.06. The van der Waals surface area contributed by atoms with Crippen molar-refractivity contribution in [3.8, 4) is 0 Å². The summed E-state index contributed by atoms with van der Waals surface area (Å²) in [7, 11) is 0. The standard InChI is InChI=1S/C10H14N2O3S/c1-3-15-10(14)7-5-11-8(6-16-4-2)12-9(7)13/h5H,3-4,6H2,1-2H3,(H,11,12,13). The smallest absolute Gasteiger partial charge is 0.345 e. The number of nitrogens with one attached hydrogen (secondary N) is 1. The highest BCUT2D eigenvalue weighted by Gasteiger charge is 2.12. The number of carbonyl (C=O) groups excluding carboxylic acids is 1. The van der Waals surface area contributed by atoms with Crippen LogP contribution < -0.4 is 5.56 Å². The summed E-state index contributed by atoms with van der Waals surface area (Å²) >= 11 is 1.65. The van der Waals surface area contributed by atoms with Crippen LogP contribution in [0.4, 0.5) is 0 Å². The molecule has 0 aliphatic rings. The van der Waals surface area contributed by atoms with E-state index in [1.165, 1.54) is 6.20 Å². The van der Waals surface area contributed by atoms with Crippen LogP contribution in [-0.4, -0.2) is 28.3 Å². The Bertz CT molecular complexity index is 417. The van der Waals surface area contributed by atoms with Crippen LogP contribution in [0.25, 0.3) is 0 Å². The number of nitrogens with zero attached hydrogens (tertiary/aromatic N) is 1. The lowest BCUT2D eigenvalue weighted by Crippen LogP contribution is -2.21. The zero-order chi connectivity index (χ0) is 12.0. The van der Waals surface area contributed by atoms with Crippen LogP contribution in [-0.2, 0) is 10.5 Å². The van der Waals surface area contributed by atoms with Crippen molar-refractivity contribution in [1.29, 1.82) is 0 Å². The summed E-state index contributed by atoms with van der Waals surface area (Å²) in [5.41, 5.74) is -0.493. The number of aromatic nitrogens is 2. The molecule has 0 spiro atoms. The molecule has 1 rings (SSSR count). The topological polar surface area (TPSA) is 72.0 Å². The van der Waals surface area contributed by atoms with Crippen LogP contribution in [0.3, 0.4) is 0 Å². The first-order valence-corrected chi connectivity index (χ1v) is 6.17. The SMILES string of the molecule is CCOC(=O)c1cnc(CSCC)[nH]c1=O. The van der Waals surface area contributed by atoms with Gasteiger partial charge in [0.1, 0.15) is 11.4 Å². The van der Waals surface area contributed by atoms with E-state index in [0.717, 1.165) is 5.75 Å². The molecule has 0 aliphatic heterocycles. The molecule has 0 saturated carbocycles. The summed E-state index contributed by atoms with van der Waals surface area (Å²) in [6, 6.07) is 0. The average Bonchev–Trinajstić information content (AvgIpc) is 2.26. The third-order valence-electron chi connectivity index (χ3n) is 1.79. The molecule has 0 bridgehead atoms. The van der Waals surface area contributed by atoms with Crippen molar-refractivity contribution in [3.63, 3.8) is 0 Å². The molecule has 0 atom stereocenters. The van der Waals surface area contributed by atoms with Gasteiger partial charge in [-0.2, -0.15) is 11.8 Å². The Labute approximate surface area is 97.6 Å². The lowest BCUT2D eigenvalue weighted by Gasteiger charge is -2.02. The third-order valence-corrected chi connectivity index (χ3v) is 2.68. The number of esters is 1. The van der Waals surface area contributed by atoms with Crippen molar-refractivity contribution < 1.29 is 9.53 Å². The average molecular weight is 242 g/mol. The molecular weight excluding hydrogens is 228 g/mol. The number of thioether (sulfide) groups is 1. The molecule has 0 saturated heterocycles. The van der Waals surface area contributed by atoms with Gasteiger partial charge in [0.15, 0.2) is 0 Å². The summed E-state index contributed by atoms with van der Waals surface area (Å²) in [5.74, 6) is 1.52. The second kappa shape index (κ2) is 6.32. The Morgan fingerprint density at radius 3 is 2.88 bits per heavy atom. The Morgan fingerprint density at radius 1 is 1.56 bits per heavy atom. The molecule has 1 N–H and O–H groups in total. The Balaban J connectivity index is 2.83. The maximum absolute atomic E-state index is 11.5. The first-order valence-electron chi connectivity index (χ1n) is 5.02. The van der Waals surface area contributed by atoms with Gasteiger partial charge in [-0.15, -0.1) is 0 Å². The van der Waals surface area contributed by atoms with Crippen molar-refractivity contribution in [1.82, 2.24) is 9.97 Å². The van der Waals surface area contributed by atoms with Crippen LogP contribution in [0.15, 0.2) is 11.0 Å². The van der Waals surface area contributed by atoms with Gasteiger partial charge < -0.3 is 9.72 Å². The maximum Gasteiger partial charge on any atom is 0.345 e. The minimum atomic E-state index is -0.633. The lowest BCUT2D eigenvalue weighted by molar-refractivity contribution is 0.0523. The van der Waals surface area contributed by atoms with Crippen molar-refractivity contribution in [2.45, 2.75) is 19.6 Å². The summed E-state index contributed by atoms with van der Waals surface area (Å²) < 4.78 is 4.73. The number of aromatic amines is 1. The van der Waals surface area contributed by atoms with E-state index in [1.54, 1.807) is 18.7 Å². The molecule has 5 nitrogen and oxygen atoms in total. The first-order chi connectivity index (χ1) is 7.69. The molecule has 16 heavy (non-hydrogen) atoms. The summed E-state index contributed by atoms with van der Waals surface area (Å²) in [4.78, 5) is 29.4. The highest BCUT2D eigenvalue weighted by Crippen LogP contribution is 2.05. The second-order valence-corrected chi connectivity index (χ2v) is 4.20. The number of ether oxygens (including phenoxy) is 1. The molecule has 0 radical (unpaired) electrons. The molecule has 0 amide bonds. The van der Waals surface area contributed by atoms with Crippen LogP contribution in [0.1, 0.15) is 30.0 Å². The largest absolute Gasteiger partial charge is 0.462 e. The minimum Gasteiger partial charge on any atom is -0.462 e. The van der Waals surface area contributed by atoms with Crippen molar-refractivity contribution in [2.24, 2.45) is 0 Å². The van der Waals surface area contributed by atoms with E-state index in [4.69, 9.17) is 4.74 Å². The molecule has 0 unspecified atom stereocenters. The Morgan fingerprint density at radius 2 is 2.31 bits per heavy atom. The molecule has 0 aliphatic carbocycles. The summed E-state index contributed by atoms with van der Waals surface area (Å²) in [6.45, 7) is 3.95. The van der Waals surface area contributed by atoms with Gasteiger partial charge in [-0.05, 0) is 12.7 Å². The zero-order valence-electron chi connectivity index (χ0n) is 9.28. The van der Waals surface area contributed by atoms with Gasteiger partial charge in [0, 0.05) is 6.20 Å². The fourth-order valence-corrected chi connectivity index (χ4v) is 1.60. The molecule has 1 aromatic rings. The van der Waals surface area contributed by atoms with Crippen LogP contribution in [0.2, 0.25) is 0 Å². The number of hydrogen-bond donors (Lipinski definition) is 1.